The summed E-state index contributed by atoms with van der Waals surface area (Å²) in [5, 5.41) is 2.73. The van der Waals surface area contributed by atoms with Crippen LogP contribution in [0.1, 0.15) is 19.3 Å². The molecule has 0 spiro atoms. The van der Waals surface area contributed by atoms with Crippen LogP contribution in [-0.2, 0) is 24.3 Å². The van der Waals surface area contributed by atoms with Gasteiger partial charge in [-0.15, -0.1) is 0 Å². The van der Waals surface area contributed by atoms with Crippen LogP contribution >= 0.6 is 11.6 Å². The van der Waals surface area contributed by atoms with E-state index in [1.165, 1.54) is 27.4 Å². The van der Waals surface area contributed by atoms with Crippen molar-refractivity contribution in [1.82, 2.24) is 9.21 Å². The Morgan fingerprint density at radius 1 is 1.30 bits per heavy atom. The molecule has 30 heavy (non-hydrogen) atoms. The van der Waals surface area contributed by atoms with E-state index in [-0.39, 0.29) is 41.4 Å². The van der Waals surface area contributed by atoms with Gasteiger partial charge in [-0.2, -0.15) is 4.31 Å². The van der Waals surface area contributed by atoms with Crippen LogP contribution in [0.25, 0.3) is 0 Å². The minimum Gasteiger partial charge on any atom is -0.379 e. The number of nitrogens with zero attached hydrogens (tertiary/aromatic N) is 2. The zero-order chi connectivity index (χ0) is 21.7. The van der Waals surface area contributed by atoms with Crippen molar-refractivity contribution in [1.29, 1.82) is 0 Å². The number of morpholine rings is 1. The lowest BCUT2D eigenvalue weighted by Crippen LogP contribution is -2.40. The van der Waals surface area contributed by atoms with Gasteiger partial charge in [0.15, 0.2) is 0 Å². The van der Waals surface area contributed by atoms with E-state index < -0.39 is 15.9 Å². The maximum atomic E-state index is 12.9. The van der Waals surface area contributed by atoms with Crippen molar-refractivity contribution in [3.63, 3.8) is 0 Å². The average Bonchev–Trinajstić information content (AvgIpc) is 3.23. The second-order valence-corrected chi connectivity index (χ2v) is 9.74. The molecule has 1 heterocycles. The van der Waals surface area contributed by atoms with Gasteiger partial charge in [0, 0.05) is 32.2 Å². The van der Waals surface area contributed by atoms with Crippen LogP contribution in [0.3, 0.4) is 0 Å². The Morgan fingerprint density at radius 3 is 2.70 bits per heavy atom. The van der Waals surface area contributed by atoms with Gasteiger partial charge in [0.05, 0.1) is 24.8 Å². The maximum Gasteiger partial charge on any atom is 0.244 e. The Kier molecular flexibility index (Phi) is 7.51. The van der Waals surface area contributed by atoms with Crippen LogP contribution in [-0.4, -0.2) is 69.3 Å². The number of ether oxygens (including phenoxy) is 1. The quantitative estimate of drug-likeness (QED) is 0.635. The summed E-state index contributed by atoms with van der Waals surface area (Å²) in [4.78, 5) is 26.0. The van der Waals surface area contributed by atoms with Gasteiger partial charge in [0.1, 0.15) is 4.90 Å². The lowest BCUT2D eigenvalue weighted by atomic mass is 10.0. The fourth-order valence-electron chi connectivity index (χ4n) is 3.45. The highest BCUT2D eigenvalue weighted by Crippen LogP contribution is 2.28. The average molecular weight is 456 g/mol. The van der Waals surface area contributed by atoms with Gasteiger partial charge in [-0.1, -0.05) is 23.8 Å². The molecule has 1 N–H and O–H groups in total. The standard InChI is InChI=1S/C20H26ClN3O5S/c1-23(20(26)12-15-4-2-3-5-15)14-19(25)22-16-6-7-17(21)18(13-16)30(27,28)24-8-10-29-11-9-24/h2,4,6-7,13,15H,3,5,8-12,14H2,1H3,(H,22,25)/t15-/m1/s1. The summed E-state index contributed by atoms with van der Waals surface area (Å²) in [7, 11) is -2.22. The Morgan fingerprint density at radius 2 is 2.03 bits per heavy atom. The first-order chi connectivity index (χ1) is 14.3. The van der Waals surface area contributed by atoms with Crippen LogP contribution in [0.4, 0.5) is 5.69 Å². The third-order valence-corrected chi connectivity index (χ3v) is 7.54. The number of nitrogens with one attached hydrogen (secondary N) is 1. The zero-order valence-corrected chi connectivity index (χ0v) is 18.4. The molecule has 8 nitrogen and oxygen atoms in total. The van der Waals surface area contributed by atoms with Crippen LogP contribution < -0.4 is 5.32 Å². The van der Waals surface area contributed by atoms with Crippen molar-refractivity contribution in [3.05, 3.63) is 35.4 Å². The molecule has 3 rings (SSSR count). The number of likely N-dealkylation sites (N-methyl/N-ethyl adjacent to an activating group) is 1. The molecule has 1 aromatic carbocycles. The highest BCUT2D eigenvalue weighted by atomic mass is 35.5. The van der Waals surface area contributed by atoms with Gasteiger partial charge < -0.3 is 15.0 Å². The number of carbonyl (C=O) groups excluding carboxylic acids is 2. The number of hydrogen-bond acceptors (Lipinski definition) is 5. The number of anilines is 1. The summed E-state index contributed by atoms with van der Waals surface area (Å²) in [5.41, 5.74) is 0.302. The topological polar surface area (TPSA) is 96.0 Å². The summed E-state index contributed by atoms with van der Waals surface area (Å²) in [5.74, 6) is -0.287. The fourth-order valence-corrected chi connectivity index (χ4v) is 5.36. The minimum atomic E-state index is -3.80. The largest absolute Gasteiger partial charge is 0.379 e. The molecule has 10 heteroatoms. The third kappa shape index (κ3) is 5.60. The molecular formula is C20H26ClN3O5S. The number of halogens is 1. The Bertz CT molecular complexity index is 928. The molecule has 1 aromatic rings. The molecule has 164 valence electrons. The van der Waals surface area contributed by atoms with Crippen molar-refractivity contribution >= 4 is 39.1 Å². The van der Waals surface area contributed by atoms with Gasteiger partial charge in [-0.05, 0) is 37.0 Å². The molecule has 0 unspecified atom stereocenters. The maximum absolute atomic E-state index is 12.9. The van der Waals surface area contributed by atoms with Gasteiger partial charge >= 0.3 is 0 Å². The first kappa shape index (κ1) is 22.7. The number of benzene rings is 1. The molecule has 1 saturated heterocycles. The van der Waals surface area contributed by atoms with Crippen LogP contribution in [0.2, 0.25) is 5.02 Å². The van der Waals surface area contributed by atoms with Gasteiger partial charge in [-0.3, -0.25) is 9.59 Å². The molecule has 2 amide bonds. The molecule has 1 aliphatic carbocycles. The van der Waals surface area contributed by atoms with E-state index in [9.17, 15) is 18.0 Å². The van der Waals surface area contributed by atoms with Gasteiger partial charge in [0.2, 0.25) is 21.8 Å². The molecule has 0 bridgehead atoms. The number of rotatable bonds is 7. The second-order valence-electron chi connectivity index (χ2n) is 7.43. The van der Waals surface area contributed by atoms with Crippen LogP contribution in [0.15, 0.2) is 35.2 Å². The van der Waals surface area contributed by atoms with E-state index in [0.29, 0.717) is 25.3 Å². The lowest BCUT2D eigenvalue weighted by molar-refractivity contribution is -0.133. The number of allylic oxidation sites excluding steroid dienone is 2. The smallest absolute Gasteiger partial charge is 0.244 e. The zero-order valence-electron chi connectivity index (χ0n) is 16.8. The number of hydrogen-bond donors (Lipinski definition) is 1. The minimum absolute atomic E-state index is 0.0682. The molecule has 1 atom stereocenters. The highest BCUT2D eigenvalue weighted by Gasteiger charge is 2.29. The van der Waals surface area contributed by atoms with E-state index >= 15 is 0 Å². The Balaban J connectivity index is 1.63. The van der Waals surface area contributed by atoms with Crippen molar-refractivity contribution in [3.8, 4) is 0 Å². The monoisotopic (exact) mass is 455 g/mol. The highest BCUT2D eigenvalue weighted by molar-refractivity contribution is 7.89. The third-order valence-electron chi connectivity index (χ3n) is 5.16. The number of amides is 2. The summed E-state index contributed by atoms with van der Waals surface area (Å²) < 4.78 is 32.3. The predicted octanol–water partition coefficient (Wildman–Crippen LogP) is 2.11. The number of sulfonamides is 1. The lowest BCUT2D eigenvalue weighted by Gasteiger charge is -2.26. The molecule has 1 aliphatic heterocycles. The van der Waals surface area contributed by atoms with E-state index in [0.717, 1.165) is 12.8 Å². The van der Waals surface area contributed by atoms with Crippen LogP contribution in [0, 0.1) is 5.92 Å². The van der Waals surface area contributed by atoms with Crippen molar-refractivity contribution in [2.24, 2.45) is 5.92 Å². The molecule has 0 aromatic heterocycles. The number of carbonyl (C=O) groups is 2. The molecule has 0 saturated carbocycles. The summed E-state index contributed by atoms with van der Waals surface area (Å²) in [6.45, 7) is 1.02. The summed E-state index contributed by atoms with van der Waals surface area (Å²) >= 11 is 6.14. The predicted molar refractivity (Wildman–Crippen MR) is 114 cm³/mol. The fraction of sp³-hybridized carbons (Fsp3) is 0.500. The van der Waals surface area contributed by atoms with Crippen LogP contribution in [0.5, 0.6) is 0 Å². The van der Waals surface area contributed by atoms with Gasteiger partial charge in [-0.25, -0.2) is 8.42 Å². The van der Waals surface area contributed by atoms with E-state index in [4.69, 9.17) is 16.3 Å². The molecule has 0 radical (unpaired) electrons. The Hall–Kier alpha value is -1.94. The van der Waals surface area contributed by atoms with Crippen molar-refractivity contribution in [2.45, 2.75) is 24.2 Å². The first-order valence-electron chi connectivity index (χ1n) is 9.85. The van der Waals surface area contributed by atoms with Gasteiger partial charge in [0.25, 0.3) is 0 Å². The summed E-state index contributed by atoms with van der Waals surface area (Å²) in [6.07, 6.45) is 6.41. The SMILES string of the molecule is CN(CC(=O)Nc1ccc(Cl)c(S(=O)(=O)N2CCOCC2)c1)C(=O)C[C@@H]1C=CCC1. The second kappa shape index (κ2) is 9.91. The molecular weight excluding hydrogens is 430 g/mol. The van der Waals surface area contributed by atoms with E-state index in [1.54, 1.807) is 7.05 Å². The molecule has 1 fully saturated rings. The molecule has 2 aliphatic rings. The summed E-state index contributed by atoms with van der Waals surface area (Å²) in [6, 6.07) is 4.31. The van der Waals surface area contributed by atoms with E-state index in [2.05, 4.69) is 11.4 Å². The Labute approximate surface area is 181 Å². The van der Waals surface area contributed by atoms with Crippen molar-refractivity contribution < 1.29 is 22.7 Å². The normalized spacial score (nSPS) is 19.6. The first-order valence-corrected chi connectivity index (χ1v) is 11.7. The van der Waals surface area contributed by atoms with Crippen molar-refractivity contribution in [2.75, 3.05) is 45.2 Å². The van der Waals surface area contributed by atoms with E-state index in [1.807, 2.05) is 6.08 Å².